The van der Waals surface area contributed by atoms with Crippen LogP contribution in [-0.4, -0.2) is 5.91 Å². The summed E-state index contributed by atoms with van der Waals surface area (Å²) in [7, 11) is 0. The molecule has 2 rings (SSSR count). The molecule has 1 atom stereocenters. The van der Waals surface area contributed by atoms with E-state index in [-0.39, 0.29) is 29.6 Å². The average Bonchev–Trinajstić information content (AvgIpc) is 2.45. The molecule has 1 aromatic carbocycles. The van der Waals surface area contributed by atoms with E-state index in [0.717, 1.165) is 24.8 Å². The van der Waals surface area contributed by atoms with E-state index in [1.807, 2.05) is 0 Å². The third-order valence-electron chi connectivity index (χ3n) is 4.63. The van der Waals surface area contributed by atoms with Gasteiger partial charge >= 0.3 is 0 Å². The number of nitrogens with two attached hydrogens (primary N) is 1. The zero-order valence-electron chi connectivity index (χ0n) is 12.9. The Hall–Kier alpha value is -1.42. The molecule has 0 aliphatic heterocycles. The molecule has 0 radical (unpaired) electrons. The molecule has 116 valence electrons. The lowest BCUT2D eigenvalue weighted by molar-refractivity contribution is -0.130. The Bertz CT molecular complexity index is 514. The van der Waals surface area contributed by atoms with Crippen LogP contribution in [0.4, 0.5) is 4.39 Å². The summed E-state index contributed by atoms with van der Waals surface area (Å²) in [5.74, 6) is -0.235. The van der Waals surface area contributed by atoms with Gasteiger partial charge in [-0.3, -0.25) is 4.79 Å². The van der Waals surface area contributed by atoms with Gasteiger partial charge in [0.1, 0.15) is 5.82 Å². The quantitative estimate of drug-likeness (QED) is 0.896. The molecule has 0 heterocycles. The van der Waals surface area contributed by atoms with Gasteiger partial charge in [-0.15, -0.1) is 0 Å². The lowest BCUT2D eigenvalue weighted by Gasteiger charge is -2.37. The standard InChI is InChI=1S/C17H25FN2O/c1-17(2)8-4-3-5-14(17)16(21)20-11-13-7-6-12(10-19)9-15(13)18/h6-7,9,14H,3-5,8,10-11,19H2,1-2H3,(H,20,21). The van der Waals surface area contributed by atoms with E-state index in [1.54, 1.807) is 12.1 Å². The van der Waals surface area contributed by atoms with Gasteiger partial charge < -0.3 is 11.1 Å². The first-order valence-electron chi connectivity index (χ1n) is 7.69. The van der Waals surface area contributed by atoms with Gasteiger partial charge in [0.15, 0.2) is 0 Å². The number of nitrogens with one attached hydrogen (secondary N) is 1. The van der Waals surface area contributed by atoms with Crippen LogP contribution in [0, 0.1) is 17.2 Å². The topological polar surface area (TPSA) is 55.1 Å². The summed E-state index contributed by atoms with van der Waals surface area (Å²) in [5.41, 5.74) is 6.78. The highest BCUT2D eigenvalue weighted by atomic mass is 19.1. The van der Waals surface area contributed by atoms with Crippen LogP contribution in [0.5, 0.6) is 0 Å². The van der Waals surface area contributed by atoms with Crippen molar-refractivity contribution in [3.05, 3.63) is 35.1 Å². The molecule has 1 aliphatic carbocycles. The van der Waals surface area contributed by atoms with Crippen molar-refractivity contribution < 1.29 is 9.18 Å². The molecular weight excluding hydrogens is 267 g/mol. The molecule has 1 unspecified atom stereocenters. The second-order valence-corrected chi connectivity index (χ2v) is 6.63. The lowest BCUT2D eigenvalue weighted by Crippen LogP contribution is -2.40. The van der Waals surface area contributed by atoms with Gasteiger partial charge in [0, 0.05) is 24.6 Å². The fraction of sp³-hybridized carbons (Fsp3) is 0.588. The highest BCUT2D eigenvalue weighted by Crippen LogP contribution is 2.40. The van der Waals surface area contributed by atoms with Crippen molar-refractivity contribution in [2.45, 2.75) is 52.6 Å². The fourth-order valence-corrected chi connectivity index (χ4v) is 3.15. The van der Waals surface area contributed by atoms with Crippen molar-refractivity contribution in [3.63, 3.8) is 0 Å². The summed E-state index contributed by atoms with van der Waals surface area (Å²) in [6.07, 6.45) is 4.28. The minimum atomic E-state index is -0.304. The van der Waals surface area contributed by atoms with Gasteiger partial charge in [0.05, 0.1) is 0 Å². The Balaban J connectivity index is 1.97. The van der Waals surface area contributed by atoms with Gasteiger partial charge in [-0.1, -0.05) is 38.8 Å². The molecular formula is C17H25FN2O. The van der Waals surface area contributed by atoms with Gasteiger partial charge in [0.25, 0.3) is 0 Å². The smallest absolute Gasteiger partial charge is 0.223 e. The van der Waals surface area contributed by atoms with Crippen molar-refractivity contribution in [1.29, 1.82) is 0 Å². The first-order chi connectivity index (χ1) is 9.94. The minimum Gasteiger partial charge on any atom is -0.352 e. The number of rotatable bonds is 4. The van der Waals surface area contributed by atoms with E-state index in [9.17, 15) is 9.18 Å². The van der Waals surface area contributed by atoms with Crippen LogP contribution in [-0.2, 0) is 17.9 Å². The minimum absolute atomic E-state index is 0.0256. The molecule has 4 heteroatoms. The molecule has 0 saturated heterocycles. The molecule has 0 spiro atoms. The molecule has 3 N–H and O–H groups in total. The number of hydrogen-bond acceptors (Lipinski definition) is 2. The molecule has 1 aromatic rings. The molecule has 1 amide bonds. The van der Waals surface area contributed by atoms with E-state index >= 15 is 0 Å². The Morgan fingerprint density at radius 1 is 1.43 bits per heavy atom. The second-order valence-electron chi connectivity index (χ2n) is 6.63. The van der Waals surface area contributed by atoms with E-state index in [0.29, 0.717) is 12.1 Å². The molecule has 0 bridgehead atoms. The Morgan fingerprint density at radius 3 is 2.81 bits per heavy atom. The van der Waals surface area contributed by atoms with Gasteiger partial charge in [-0.25, -0.2) is 4.39 Å². The van der Waals surface area contributed by atoms with Gasteiger partial charge in [-0.05, 0) is 29.9 Å². The predicted octanol–water partition coefficient (Wildman–Crippen LogP) is 3.12. The number of carbonyl (C=O) groups excluding carboxylic acids is 1. The molecule has 1 saturated carbocycles. The molecule has 21 heavy (non-hydrogen) atoms. The Morgan fingerprint density at radius 2 is 2.19 bits per heavy atom. The molecule has 1 aliphatic rings. The largest absolute Gasteiger partial charge is 0.352 e. The van der Waals surface area contributed by atoms with E-state index in [2.05, 4.69) is 19.2 Å². The highest BCUT2D eigenvalue weighted by molar-refractivity contribution is 5.79. The fourth-order valence-electron chi connectivity index (χ4n) is 3.15. The van der Waals surface area contributed by atoms with E-state index < -0.39 is 0 Å². The van der Waals surface area contributed by atoms with Crippen molar-refractivity contribution in [1.82, 2.24) is 5.32 Å². The number of amides is 1. The summed E-state index contributed by atoms with van der Waals surface area (Å²) in [6, 6.07) is 4.94. The molecule has 0 aromatic heterocycles. The van der Waals surface area contributed by atoms with E-state index in [4.69, 9.17) is 5.73 Å². The lowest BCUT2D eigenvalue weighted by atomic mass is 9.68. The maximum Gasteiger partial charge on any atom is 0.223 e. The summed E-state index contributed by atoms with van der Waals surface area (Å²) < 4.78 is 13.9. The van der Waals surface area contributed by atoms with Crippen LogP contribution in [0.1, 0.15) is 50.7 Å². The summed E-state index contributed by atoms with van der Waals surface area (Å²) in [6.45, 7) is 4.85. The maximum absolute atomic E-state index is 13.9. The van der Waals surface area contributed by atoms with Crippen molar-refractivity contribution in [2.75, 3.05) is 0 Å². The first kappa shape index (κ1) is 16.0. The maximum atomic E-state index is 13.9. The van der Waals surface area contributed by atoms with Crippen LogP contribution in [0.15, 0.2) is 18.2 Å². The van der Waals surface area contributed by atoms with Crippen LogP contribution in [0.3, 0.4) is 0 Å². The van der Waals surface area contributed by atoms with Gasteiger partial charge in [0.2, 0.25) is 5.91 Å². The van der Waals surface area contributed by atoms with Crippen molar-refractivity contribution >= 4 is 5.91 Å². The number of halogens is 1. The van der Waals surface area contributed by atoms with Crippen LogP contribution in [0.2, 0.25) is 0 Å². The normalized spacial score (nSPS) is 21.0. The van der Waals surface area contributed by atoms with Gasteiger partial charge in [-0.2, -0.15) is 0 Å². The second kappa shape index (κ2) is 6.56. The SMILES string of the molecule is CC1(C)CCCCC1C(=O)NCc1ccc(CN)cc1F. The Labute approximate surface area is 126 Å². The summed E-state index contributed by atoms with van der Waals surface area (Å²) in [5, 5.41) is 2.89. The summed E-state index contributed by atoms with van der Waals surface area (Å²) in [4.78, 5) is 12.4. The third kappa shape index (κ3) is 3.82. The predicted molar refractivity (Wildman–Crippen MR) is 81.9 cm³/mol. The van der Waals surface area contributed by atoms with Crippen molar-refractivity contribution in [3.8, 4) is 0 Å². The van der Waals surface area contributed by atoms with Crippen LogP contribution < -0.4 is 11.1 Å². The summed E-state index contributed by atoms with van der Waals surface area (Å²) >= 11 is 0. The molecule has 1 fully saturated rings. The number of benzene rings is 1. The Kier molecular flexibility index (Phi) is 4.99. The number of hydrogen-bond donors (Lipinski definition) is 2. The highest BCUT2D eigenvalue weighted by Gasteiger charge is 2.36. The van der Waals surface area contributed by atoms with E-state index in [1.165, 1.54) is 12.5 Å². The van der Waals surface area contributed by atoms with Crippen LogP contribution >= 0.6 is 0 Å². The zero-order chi connectivity index (χ0) is 15.5. The molecule has 3 nitrogen and oxygen atoms in total. The zero-order valence-corrected chi connectivity index (χ0v) is 12.9. The van der Waals surface area contributed by atoms with Crippen LogP contribution in [0.25, 0.3) is 0 Å². The third-order valence-corrected chi connectivity index (χ3v) is 4.63. The monoisotopic (exact) mass is 292 g/mol. The average molecular weight is 292 g/mol. The van der Waals surface area contributed by atoms with Crippen molar-refractivity contribution in [2.24, 2.45) is 17.1 Å². The first-order valence-corrected chi connectivity index (χ1v) is 7.69. The number of carbonyl (C=O) groups is 1.